The Hall–Kier alpha value is -1.91. The lowest BCUT2D eigenvalue weighted by molar-refractivity contribution is -0.136. The number of thioether (sulfide) groups is 1. The van der Waals surface area contributed by atoms with Crippen LogP contribution in [0.4, 0.5) is 5.69 Å². The number of carbonyl (C=O) groups is 1. The molecule has 3 nitrogen and oxygen atoms in total. The van der Waals surface area contributed by atoms with Gasteiger partial charge in [0.1, 0.15) is 5.37 Å². The molecule has 0 saturated carbocycles. The Bertz CT molecular complexity index is 700. The summed E-state index contributed by atoms with van der Waals surface area (Å²) >= 11 is 7.52. The van der Waals surface area contributed by atoms with E-state index in [0.717, 1.165) is 16.2 Å². The topological polar surface area (TPSA) is 40.5 Å². The molecule has 1 unspecified atom stereocenters. The monoisotopic (exact) mass is 331 g/mol. The molecule has 112 valence electrons. The van der Waals surface area contributed by atoms with Crippen molar-refractivity contribution in [1.29, 1.82) is 0 Å². The standard InChI is InChI=1S/C17H14ClNO2S/c18-13-6-8-14(9-7-13)19-11-15(10-16(20)21)22-17(19)12-4-2-1-3-5-12/h1-9,11,17H,10H2,(H,20,21). The van der Waals surface area contributed by atoms with Gasteiger partial charge in [0.25, 0.3) is 0 Å². The minimum Gasteiger partial charge on any atom is -0.481 e. The van der Waals surface area contributed by atoms with Gasteiger partial charge in [0.15, 0.2) is 0 Å². The average molecular weight is 332 g/mol. The number of rotatable bonds is 4. The second-order valence-corrected chi connectivity index (χ2v) is 6.57. The van der Waals surface area contributed by atoms with E-state index in [-0.39, 0.29) is 11.8 Å². The van der Waals surface area contributed by atoms with Gasteiger partial charge in [-0.2, -0.15) is 0 Å². The summed E-state index contributed by atoms with van der Waals surface area (Å²) in [6.07, 6.45) is 1.96. The molecule has 1 atom stereocenters. The highest BCUT2D eigenvalue weighted by Crippen LogP contribution is 2.47. The summed E-state index contributed by atoms with van der Waals surface area (Å²) in [4.78, 5) is 13.9. The van der Waals surface area contributed by atoms with Crippen LogP contribution in [-0.4, -0.2) is 11.1 Å². The zero-order valence-corrected chi connectivity index (χ0v) is 13.2. The fourth-order valence-corrected chi connectivity index (χ4v) is 3.74. The maximum Gasteiger partial charge on any atom is 0.308 e. The Morgan fingerprint density at radius 1 is 1.14 bits per heavy atom. The predicted octanol–water partition coefficient (Wildman–Crippen LogP) is 4.91. The molecule has 0 aromatic heterocycles. The first-order valence-corrected chi connectivity index (χ1v) is 8.07. The Morgan fingerprint density at radius 2 is 1.82 bits per heavy atom. The van der Waals surface area contributed by atoms with Gasteiger partial charge in [0, 0.05) is 21.8 Å². The highest BCUT2D eigenvalue weighted by molar-refractivity contribution is 8.03. The quantitative estimate of drug-likeness (QED) is 0.864. The molecule has 0 amide bonds. The van der Waals surface area contributed by atoms with Crippen molar-refractivity contribution in [3.05, 3.63) is 76.3 Å². The number of anilines is 1. The number of nitrogens with zero attached hydrogens (tertiary/aromatic N) is 1. The van der Waals surface area contributed by atoms with E-state index < -0.39 is 5.97 Å². The summed E-state index contributed by atoms with van der Waals surface area (Å²) < 4.78 is 0. The van der Waals surface area contributed by atoms with E-state index in [4.69, 9.17) is 16.7 Å². The Morgan fingerprint density at radius 3 is 2.45 bits per heavy atom. The number of hydrogen-bond acceptors (Lipinski definition) is 3. The van der Waals surface area contributed by atoms with Gasteiger partial charge in [-0.1, -0.05) is 53.7 Å². The van der Waals surface area contributed by atoms with Crippen LogP contribution < -0.4 is 4.90 Å². The van der Waals surface area contributed by atoms with Crippen LogP contribution in [0.1, 0.15) is 17.4 Å². The van der Waals surface area contributed by atoms with Crippen LogP contribution in [0.15, 0.2) is 65.7 Å². The normalized spacial score (nSPS) is 17.4. The van der Waals surface area contributed by atoms with Crippen LogP contribution in [0, 0.1) is 0 Å². The zero-order valence-electron chi connectivity index (χ0n) is 11.6. The predicted molar refractivity (Wildman–Crippen MR) is 91.0 cm³/mol. The van der Waals surface area contributed by atoms with Gasteiger partial charge in [0.2, 0.25) is 0 Å². The molecule has 0 saturated heterocycles. The van der Waals surface area contributed by atoms with E-state index in [1.165, 1.54) is 0 Å². The molecule has 0 fully saturated rings. The second-order valence-electron chi connectivity index (χ2n) is 4.93. The first kappa shape index (κ1) is 15.0. The lowest BCUT2D eigenvalue weighted by Crippen LogP contribution is -2.16. The van der Waals surface area contributed by atoms with Crippen molar-refractivity contribution in [3.8, 4) is 0 Å². The molecule has 1 heterocycles. The molecular weight excluding hydrogens is 318 g/mol. The highest BCUT2D eigenvalue weighted by Gasteiger charge is 2.28. The molecule has 1 N–H and O–H groups in total. The Kier molecular flexibility index (Phi) is 4.41. The number of hydrogen-bond donors (Lipinski definition) is 1. The third-order valence-electron chi connectivity index (χ3n) is 3.33. The minimum atomic E-state index is -0.816. The van der Waals surface area contributed by atoms with Crippen molar-refractivity contribution in [2.45, 2.75) is 11.8 Å². The third-order valence-corrected chi connectivity index (χ3v) is 4.86. The van der Waals surface area contributed by atoms with Crippen molar-refractivity contribution in [1.82, 2.24) is 0 Å². The number of carboxylic acid groups (broad SMARTS) is 1. The summed E-state index contributed by atoms with van der Waals surface area (Å²) in [5.41, 5.74) is 2.13. The summed E-state index contributed by atoms with van der Waals surface area (Å²) in [7, 11) is 0. The van der Waals surface area contributed by atoms with Gasteiger partial charge in [-0.3, -0.25) is 4.79 Å². The molecule has 1 aliphatic rings. The lowest BCUT2D eigenvalue weighted by Gasteiger charge is -2.25. The molecular formula is C17H14ClNO2S. The molecule has 0 spiro atoms. The van der Waals surface area contributed by atoms with Crippen molar-refractivity contribution in [2.24, 2.45) is 0 Å². The van der Waals surface area contributed by atoms with Crippen LogP contribution in [-0.2, 0) is 4.79 Å². The first-order valence-electron chi connectivity index (χ1n) is 6.81. The van der Waals surface area contributed by atoms with E-state index >= 15 is 0 Å². The molecule has 0 radical (unpaired) electrons. The van der Waals surface area contributed by atoms with E-state index in [2.05, 4.69) is 17.0 Å². The number of carboxylic acids is 1. The van der Waals surface area contributed by atoms with Crippen molar-refractivity contribution in [2.75, 3.05) is 4.90 Å². The molecule has 5 heteroatoms. The lowest BCUT2D eigenvalue weighted by atomic mass is 10.2. The fraction of sp³-hybridized carbons (Fsp3) is 0.118. The first-order chi connectivity index (χ1) is 10.6. The molecule has 2 aromatic rings. The van der Waals surface area contributed by atoms with E-state index in [9.17, 15) is 4.79 Å². The zero-order chi connectivity index (χ0) is 15.5. The van der Waals surface area contributed by atoms with Gasteiger partial charge >= 0.3 is 5.97 Å². The smallest absolute Gasteiger partial charge is 0.308 e. The molecule has 2 aromatic carbocycles. The average Bonchev–Trinajstić information content (AvgIpc) is 2.92. The maximum atomic E-state index is 11.0. The summed E-state index contributed by atoms with van der Waals surface area (Å²) in [5, 5.41) is 9.75. The molecule has 0 aliphatic carbocycles. The maximum absolute atomic E-state index is 11.0. The van der Waals surface area contributed by atoms with Crippen molar-refractivity contribution in [3.63, 3.8) is 0 Å². The van der Waals surface area contributed by atoms with Crippen LogP contribution in [0.5, 0.6) is 0 Å². The van der Waals surface area contributed by atoms with E-state index in [1.54, 1.807) is 11.8 Å². The van der Waals surface area contributed by atoms with Crippen LogP contribution in [0.3, 0.4) is 0 Å². The number of aliphatic carboxylic acids is 1. The van der Waals surface area contributed by atoms with E-state index in [1.807, 2.05) is 48.7 Å². The Labute approximate surface area is 138 Å². The molecule has 22 heavy (non-hydrogen) atoms. The van der Waals surface area contributed by atoms with Gasteiger partial charge in [-0.05, 0) is 29.8 Å². The summed E-state index contributed by atoms with van der Waals surface area (Å²) in [6, 6.07) is 17.6. The van der Waals surface area contributed by atoms with Crippen molar-refractivity contribution < 1.29 is 9.90 Å². The van der Waals surface area contributed by atoms with E-state index in [0.29, 0.717) is 5.02 Å². The van der Waals surface area contributed by atoms with Crippen LogP contribution in [0.25, 0.3) is 0 Å². The third kappa shape index (κ3) is 3.29. The van der Waals surface area contributed by atoms with Gasteiger partial charge in [0.05, 0.1) is 6.42 Å². The van der Waals surface area contributed by atoms with Gasteiger partial charge in [-0.15, -0.1) is 0 Å². The summed E-state index contributed by atoms with van der Waals surface area (Å²) in [5.74, 6) is -0.816. The summed E-state index contributed by atoms with van der Waals surface area (Å²) in [6.45, 7) is 0. The fourth-order valence-electron chi connectivity index (χ4n) is 2.36. The van der Waals surface area contributed by atoms with Gasteiger partial charge < -0.3 is 10.0 Å². The van der Waals surface area contributed by atoms with Gasteiger partial charge in [-0.25, -0.2) is 0 Å². The number of benzene rings is 2. The molecule has 0 bridgehead atoms. The second kappa shape index (κ2) is 6.46. The molecule has 3 rings (SSSR count). The van der Waals surface area contributed by atoms with Crippen molar-refractivity contribution >= 4 is 35.0 Å². The highest BCUT2D eigenvalue weighted by atomic mass is 35.5. The van der Waals surface area contributed by atoms with Crippen LogP contribution in [0.2, 0.25) is 5.02 Å². The molecule has 1 aliphatic heterocycles. The Balaban J connectivity index is 1.95. The number of halogens is 1. The largest absolute Gasteiger partial charge is 0.481 e. The van der Waals surface area contributed by atoms with Crippen LogP contribution >= 0.6 is 23.4 Å². The SMILES string of the molecule is O=C(O)CC1=CN(c2ccc(Cl)cc2)C(c2ccccc2)S1. The minimum absolute atomic E-state index is 0.0386.